The number of benzene rings is 6. The van der Waals surface area contributed by atoms with Gasteiger partial charge in [0.15, 0.2) is 0 Å². The van der Waals surface area contributed by atoms with Gasteiger partial charge in [0, 0.05) is 57.3 Å². The van der Waals surface area contributed by atoms with Crippen LogP contribution in [0.1, 0.15) is 0 Å². The van der Waals surface area contributed by atoms with Gasteiger partial charge in [-0.25, -0.2) is 9.97 Å². The summed E-state index contributed by atoms with van der Waals surface area (Å²) in [7, 11) is 0. The van der Waals surface area contributed by atoms with Crippen molar-refractivity contribution in [2.75, 3.05) is 0 Å². The first kappa shape index (κ1) is 27.0. The molecular weight excluding hydrogens is 576 g/mol. The van der Waals surface area contributed by atoms with Crippen LogP contribution in [0.2, 0.25) is 0 Å². The van der Waals surface area contributed by atoms with Crippen LogP contribution in [0.5, 0.6) is 0 Å². The third-order valence-electron chi connectivity index (χ3n) is 8.40. The van der Waals surface area contributed by atoms with Crippen molar-refractivity contribution in [3.8, 4) is 33.6 Å². The Labute approximate surface area is 261 Å². The third kappa shape index (κ3) is 4.48. The average molecular weight is 599 g/mol. The molecule has 8 rings (SSSR count). The number of hydrogen-bond donors (Lipinski definition) is 0. The van der Waals surface area contributed by atoms with Crippen LogP contribution in [-0.2, 0) is 0 Å². The predicted octanol–water partition coefficient (Wildman–Crippen LogP) is 9.91. The number of non-ortho nitro benzene ring substituents is 2. The van der Waals surface area contributed by atoms with E-state index in [2.05, 4.69) is 12.1 Å². The lowest BCUT2D eigenvalue weighted by atomic mass is 9.91. The zero-order valence-electron chi connectivity index (χ0n) is 24.1. The Hall–Kier alpha value is -6.54. The molecule has 0 aliphatic carbocycles. The Morgan fingerprint density at radius 1 is 0.435 bits per heavy atom. The van der Waals surface area contributed by atoms with Gasteiger partial charge in [0.2, 0.25) is 0 Å². The van der Waals surface area contributed by atoms with Gasteiger partial charge in [-0.2, -0.15) is 0 Å². The van der Waals surface area contributed by atoms with Gasteiger partial charge in [0.05, 0.1) is 32.3 Å². The molecule has 0 fully saturated rings. The van der Waals surface area contributed by atoms with Crippen molar-refractivity contribution in [1.29, 1.82) is 0 Å². The van der Waals surface area contributed by atoms with Gasteiger partial charge in [-0.05, 0) is 45.8 Å². The maximum atomic E-state index is 11.8. The molecule has 218 valence electrons. The van der Waals surface area contributed by atoms with Crippen LogP contribution >= 0.6 is 0 Å². The lowest BCUT2D eigenvalue weighted by Crippen LogP contribution is -1.98. The van der Waals surface area contributed by atoms with Gasteiger partial charge in [-0.15, -0.1) is 0 Å². The van der Waals surface area contributed by atoms with Crippen LogP contribution in [0.15, 0.2) is 133 Å². The molecule has 0 bridgehead atoms. The zero-order valence-corrected chi connectivity index (χ0v) is 24.1. The maximum Gasteiger partial charge on any atom is 0.270 e. The fourth-order valence-electron chi connectivity index (χ4n) is 6.24. The molecule has 0 atom stereocenters. The second-order valence-corrected chi connectivity index (χ2v) is 11.1. The minimum atomic E-state index is -0.421. The fourth-order valence-corrected chi connectivity index (χ4v) is 6.24. The van der Waals surface area contributed by atoms with Crippen molar-refractivity contribution in [1.82, 2.24) is 9.97 Å². The van der Waals surface area contributed by atoms with Crippen molar-refractivity contribution in [3.63, 3.8) is 0 Å². The van der Waals surface area contributed by atoms with Crippen molar-refractivity contribution >= 4 is 54.7 Å². The largest absolute Gasteiger partial charge is 0.270 e. The highest BCUT2D eigenvalue weighted by Gasteiger charge is 2.21. The van der Waals surface area contributed by atoms with E-state index in [1.54, 1.807) is 12.1 Å². The van der Waals surface area contributed by atoms with Crippen LogP contribution in [-0.4, -0.2) is 19.8 Å². The molecule has 0 aliphatic rings. The number of hydrogen-bond acceptors (Lipinski definition) is 6. The summed E-state index contributed by atoms with van der Waals surface area (Å²) in [5, 5.41) is 29.6. The molecule has 8 heteroatoms. The molecule has 0 unspecified atom stereocenters. The summed E-state index contributed by atoms with van der Waals surface area (Å²) in [5.41, 5.74) is 5.00. The van der Waals surface area contributed by atoms with Gasteiger partial charge in [-0.3, -0.25) is 20.2 Å². The molecule has 8 nitrogen and oxygen atoms in total. The number of rotatable bonds is 5. The van der Waals surface area contributed by atoms with Gasteiger partial charge in [-0.1, -0.05) is 84.9 Å². The maximum absolute atomic E-state index is 11.8. The smallest absolute Gasteiger partial charge is 0.258 e. The van der Waals surface area contributed by atoms with Crippen LogP contribution < -0.4 is 0 Å². The average Bonchev–Trinajstić information content (AvgIpc) is 3.10. The Bertz CT molecular complexity index is 2380. The predicted molar refractivity (Wildman–Crippen MR) is 182 cm³/mol. The van der Waals surface area contributed by atoms with E-state index in [4.69, 9.17) is 9.97 Å². The number of nitro groups is 2. The van der Waals surface area contributed by atoms with Crippen molar-refractivity contribution in [3.05, 3.63) is 154 Å². The lowest BCUT2D eigenvalue weighted by molar-refractivity contribution is -0.385. The molecular formula is C38H22N4O4. The van der Waals surface area contributed by atoms with Crippen molar-refractivity contribution in [2.24, 2.45) is 0 Å². The molecule has 0 spiro atoms. The number of pyridine rings is 2. The second kappa shape index (κ2) is 10.6. The fraction of sp³-hybridized carbons (Fsp3) is 0. The van der Waals surface area contributed by atoms with E-state index in [1.165, 1.54) is 24.3 Å². The quantitative estimate of drug-likeness (QED) is 0.111. The van der Waals surface area contributed by atoms with Gasteiger partial charge in [0.1, 0.15) is 0 Å². The minimum absolute atomic E-state index is 0.0506. The first-order valence-electron chi connectivity index (χ1n) is 14.6. The summed E-state index contributed by atoms with van der Waals surface area (Å²) in [6.45, 7) is 0. The van der Waals surface area contributed by atoms with Crippen LogP contribution in [0.4, 0.5) is 11.4 Å². The molecule has 0 radical (unpaired) electrons. The highest BCUT2D eigenvalue weighted by atomic mass is 16.6. The highest BCUT2D eigenvalue weighted by molar-refractivity contribution is 6.12. The molecule has 0 amide bonds. The topological polar surface area (TPSA) is 112 Å². The Kier molecular flexibility index (Phi) is 6.21. The number of aromatic nitrogens is 2. The van der Waals surface area contributed by atoms with Crippen LogP contribution in [0.3, 0.4) is 0 Å². The lowest BCUT2D eigenvalue weighted by Gasteiger charge is -2.17. The highest BCUT2D eigenvalue weighted by Crippen LogP contribution is 2.42. The molecule has 0 saturated carbocycles. The van der Waals surface area contributed by atoms with Gasteiger partial charge < -0.3 is 0 Å². The summed E-state index contributed by atoms with van der Waals surface area (Å²) in [5.74, 6) is 0. The summed E-state index contributed by atoms with van der Waals surface area (Å²) in [6, 6.07) is 41.0. The summed E-state index contributed by atoms with van der Waals surface area (Å²) in [6.07, 6.45) is 0. The molecule has 0 aliphatic heterocycles. The zero-order chi connectivity index (χ0) is 31.4. The van der Waals surface area contributed by atoms with Gasteiger partial charge >= 0.3 is 0 Å². The van der Waals surface area contributed by atoms with Gasteiger partial charge in [0.25, 0.3) is 11.4 Å². The monoisotopic (exact) mass is 598 g/mol. The van der Waals surface area contributed by atoms with E-state index < -0.39 is 9.85 Å². The normalized spacial score (nSPS) is 11.4. The number of nitrogens with zero attached hydrogens (tertiary/aromatic N) is 4. The summed E-state index contributed by atoms with van der Waals surface area (Å²) >= 11 is 0. The minimum Gasteiger partial charge on any atom is -0.258 e. The first-order valence-corrected chi connectivity index (χ1v) is 14.6. The summed E-state index contributed by atoms with van der Waals surface area (Å²) < 4.78 is 0. The standard InChI is InChI=1S/C38H22N4O4/c43-41(44)27-11-5-9-25(19-27)37-33(21-31-29-13-3-1-7-23(29)15-17-35(31)39-37)34-22-32-30-14-4-2-8-24(30)16-18-36(32)40-38(34)26-10-6-12-28(20-26)42(45)46/h1-22H. The van der Waals surface area contributed by atoms with E-state index in [0.717, 1.165) is 43.4 Å². The number of nitro benzene ring substituents is 2. The van der Waals surface area contributed by atoms with Crippen molar-refractivity contribution < 1.29 is 9.85 Å². The Balaban J connectivity index is 1.54. The number of fused-ring (bicyclic) bond motifs is 6. The molecule has 6 aromatic carbocycles. The summed E-state index contributed by atoms with van der Waals surface area (Å²) in [4.78, 5) is 33.1. The third-order valence-corrected chi connectivity index (χ3v) is 8.40. The molecule has 46 heavy (non-hydrogen) atoms. The van der Waals surface area contributed by atoms with E-state index in [1.807, 2.05) is 84.9 Å². The van der Waals surface area contributed by atoms with Crippen molar-refractivity contribution in [2.45, 2.75) is 0 Å². The van der Waals surface area contributed by atoms with E-state index in [-0.39, 0.29) is 11.4 Å². The first-order chi connectivity index (χ1) is 22.4. The van der Waals surface area contributed by atoms with E-state index in [9.17, 15) is 20.2 Å². The molecule has 2 heterocycles. The Morgan fingerprint density at radius 2 is 0.870 bits per heavy atom. The molecule has 0 saturated heterocycles. The van der Waals surface area contributed by atoms with Crippen LogP contribution in [0.25, 0.3) is 77.0 Å². The van der Waals surface area contributed by atoms with E-state index >= 15 is 0 Å². The SMILES string of the molecule is O=[N+]([O-])c1cccc(-c2nc3ccc4ccccc4c3cc2-c2cc3c(ccc4ccccc43)nc2-c2cccc([N+](=O)[O-])c2)c1. The Morgan fingerprint density at radius 3 is 1.30 bits per heavy atom. The second-order valence-electron chi connectivity index (χ2n) is 11.1. The van der Waals surface area contributed by atoms with E-state index in [0.29, 0.717) is 33.6 Å². The molecule has 2 aromatic heterocycles. The molecule has 8 aromatic rings. The van der Waals surface area contributed by atoms with Crippen LogP contribution in [0, 0.1) is 20.2 Å². The molecule has 0 N–H and O–H groups in total.